The predicted octanol–water partition coefficient (Wildman–Crippen LogP) is 5.55. The number of carboxylic acid groups (broad SMARTS) is 1. The Kier molecular flexibility index (Phi) is 11.8. The fourth-order valence-corrected chi connectivity index (χ4v) is 3.41. The molecule has 1 N–H and O–H groups in total. The third-order valence-electron chi connectivity index (χ3n) is 4.93. The van der Waals surface area contributed by atoms with Crippen LogP contribution in [0.4, 0.5) is 4.79 Å². The zero-order valence-electron chi connectivity index (χ0n) is 19.2. The number of carbonyl (C=O) groups is 2. The molecule has 0 fully saturated rings. The molecule has 1 atom stereocenters. The quantitative estimate of drug-likeness (QED) is 0.328. The molecule has 8 heteroatoms. The Labute approximate surface area is 203 Å². The molecule has 0 saturated carbocycles. The maximum atomic E-state index is 12.7. The average Bonchev–Trinajstić information content (AvgIpc) is 2.80. The molecule has 0 aliphatic carbocycles. The summed E-state index contributed by atoms with van der Waals surface area (Å²) in [6.07, 6.45) is 2.01. The third-order valence-corrected chi connectivity index (χ3v) is 5.45. The molecule has 1 amide bonds. The minimum absolute atomic E-state index is 0.288. The lowest BCUT2D eigenvalue weighted by Gasteiger charge is -2.22. The van der Waals surface area contributed by atoms with E-state index >= 15 is 0 Å². The average molecular weight is 522 g/mol. The molecule has 0 spiro atoms. The van der Waals surface area contributed by atoms with Crippen LogP contribution in [0.15, 0.2) is 53.0 Å². The van der Waals surface area contributed by atoms with Crippen LogP contribution in [0.3, 0.4) is 0 Å². The summed E-state index contributed by atoms with van der Waals surface area (Å²) < 4.78 is 17.5. The van der Waals surface area contributed by atoms with Crippen molar-refractivity contribution in [1.29, 1.82) is 0 Å². The van der Waals surface area contributed by atoms with E-state index in [1.54, 1.807) is 36.1 Å². The van der Waals surface area contributed by atoms with Gasteiger partial charge >= 0.3 is 12.1 Å². The molecule has 180 valence electrons. The summed E-state index contributed by atoms with van der Waals surface area (Å²) in [4.78, 5) is 25.6. The summed E-state index contributed by atoms with van der Waals surface area (Å²) >= 11 is 3.37. The highest BCUT2D eigenvalue weighted by atomic mass is 79.9. The van der Waals surface area contributed by atoms with Crippen molar-refractivity contribution in [2.45, 2.75) is 45.6 Å². The molecule has 2 rings (SSSR count). The van der Waals surface area contributed by atoms with Crippen LogP contribution in [0.25, 0.3) is 0 Å². The number of rotatable bonds is 14. The van der Waals surface area contributed by atoms with Crippen LogP contribution in [0.2, 0.25) is 0 Å². The molecule has 7 nitrogen and oxygen atoms in total. The number of carboxylic acids is 1. The van der Waals surface area contributed by atoms with Crippen LogP contribution in [-0.4, -0.2) is 54.5 Å². The van der Waals surface area contributed by atoms with Crippen LogP contribution in [0.1, 0.15) is 38.7 Å². The third kappa shape index (κ3) is 9.84. The molecule has 0 radical (unpaired) electrons. The van der Waals surface area contributed by atoms with Crippen molar-refractivity contribution in [3.8, 4) is 11.5 Å². The number of hydrogen-bond acceptors (Lipinski definition) is 5. The fourth-order valence-electron chi connectivity index (χ4n) is 3.14. The number of carbonyl (C=O) groups excluding carboxylic acids is 1. The van der Waals surface area contributed by atoms with Gasteiger partial charge in [0, 0.05) is 24.0 Å². The number of nitrogens with zero attached hydrogens (tertiary/aromatic N) is 1. The molecule has 2 aromatic rings. The summed E-state index contributed by atoms with van der Waals surface area (Å²) in [5, 5.41) is 9.22. The highest BCUT2D eigenvalue weighted by Crippen LogP contribution is 2.18. The molecule has 0 heterocycles. The number of ether oxygens (including phenoxy) is 3. The van der Waals surface area contributed by atoms with Gasteiger partial charge in [-0.15, -0.1) is 0 Å². The number of halogens is 1. The predicted molar refractivity (Wildman–Crippen MR) is 130 cm³/mol. The van der Waals surface area contributed by atoms with Crippen molar-refractivity contribution in [2.75, 3.05) is 26.3 Å². The van der Waals surface area contributed by atoms with Gasteiger partial charge in [0.05, 0.1) is 6.54 Å². The van der Waals surface area contributed by atoms with Crippen molar-refractivity contribution in [3.05, 3.63) is 58.6 Å². The molecule has 0 aliphatic rings. The van der Waals surface area contributed by atoms with Gasteiger partial charge in [-0.2, -0.15) is 0 Å². The maximum Gasteiger partial charge on any atom is 0.415 e. The van der Waals surface area contributed by atoms with Gasteiger partial charge in [-0.25, -0.2) is 9.59 Å². The van der Waals surface area contributed by atoms with E-state index in [2.05, 4.69) is 22.9 Å². The van der Waals surface area contributed by atoms with Crippen molar-refractivity contribution < 1.29 is 28.9 Å². The van der Waals surface area contributed by atoms with Gasteiger partial charge in [-0.1, -0.05) is 47.8 Å². The zero-order valence-corrected chi connectivity index (χ0v) is 20.8. The number of unbranched alkanes of at least 4 members (excludes halogenated alkanes) is 2. The van der Waals surface area contributed by atoms with E-state index in [4.69, 9.17) is 14.2 Å². The zero-order chi connectivity index (χ0) is 24.1. The standard InChI is InChI=1S/C25H32BrNO6/c1-3-5-6-15-27(25(30)33-22-13-9-20(26)10-14-22)16-17-32-21-11-7-19(8-12-21)18-23(24(28)29)31-4-2/h7-14,23H,3-6,15-18H2,1-2H3,(H,28,29). The van der Waals surface area contributed by atoms with Gasteiger partial charge in [0.15, 0.2) is 6.10 Å². The van der Waals surface area contributed by atoms with E-state index in [-0.39, 0.29) is 6.42 Å². The second-order valence-corrected chi connectivity index (χ2v) is 8.41. The van der Waals surface area contributed by atoms with Gasteiger partial charge in [0.1, 0.15) is 18.1 Å². The largest absolute Gasteiger partial charge is 0.492 e. The Morgan fingerprint density at radius 2 is 1.64 bits per heavy atom. The summed E-state index contributed by atoms with van der Waals surface area (Å²) in [6, 6.07) is 14.4. The minimum atomic E-state index is -0.977. The van der Waals surface area contributed by atoms with Crippen molar-refractivity contribution >= 4 is 28.0 Å². The van der Waals surface area contributed by atoms with Crippen LogP contribution < -0.4 is 9.47 Å². The number of benzene rings is 2. The Hall–Kier alpha value is -2.58. The van der Waals surface area contributed by atoms with Gasteiger partial charge in [-0.05, 0) is 55.3 Å². The van der Waals surface area contributed by atoms with E-state index in [9.17, 15) is 14.7 Å². The molecule has 0 aliphatic heterocycles. The maximum absolute atomic E-state index is 12.7. The molecule has 1 unspecified atom stereocenters. The smallest absolute Gasteiger partial charge is 0.415 e. The van der Waals surface area contributed by atoms with E-state index in [0.29, 0.717) is 37.8 Å². The molecular formula is C25H32BrNO6. The SMILES string of the molecule is CCCCCN(CCOc1ccc(CC(OCC)C(=O)O)cc1)C(=O)Oc1ccc(Br)cc1. The molecule has 2 aromatic carbocycles. The van der Waals surface area contributed by atoms with Crippen molar-refractivity contribution in [3.63, 3.8) is 0 Å². The molecule has 0 bridgehead atoms. The number of amides is 1. The van der Waals surface area contributed by atoms with Crippen molar-refractivity contribution in [1.82, 2.24) is 4.90 Å². The molecular weight excluding hydrogens is 490 g/mol. The highest BCUT2D eigenvalue weighted by Gasteiger charge is 2.18. The molecule has 33 heavy (non-hydrogen) atoms. The topological polar surface area (TPSA) is 85.3 Å². The van der Waals surface area contributed by atoms with E-state index in [1.807, 2.05) is 24.3 Å². The van der Waals surface area contributed by atoms with Gasteiger partial charge in [0.25, 0.3) is 0 Å². The van der Waals surface area contributed by atoms with E-state index < -0.39 is 18.2 Å². The molecule has 0 aromatic heterocycles. The summed E-state index contributed by atoms with van der Waals surface area (Å²) in [5.41, 5.74) is 0.850. The minimum Gasteiger partial charge on any atom is -0.492 e. The van der Waals surface area contributed by atoms with E-state index in [0.717, 1.165) is 29.3 Å². The Morgan fingerprint density at radius 3 is 2.24 bits per heavy atom. The number of hydrogen-bond donors (Lipinski definition) is 1. The fraction of sp³-hybridized carbons (Fsp3) is 0.440. The van der Waals surface area contributed by atoms with Crippen LogP contribution in [-0.2, 0) is 16.0 Å². The number of aliphatic carboxylic acids is 1. The first-order valence-corrected chi connectivity index (χ1v) is 12.0. The lowest BCUT2D eigenvalue weighted by molar-refractivity contribution is -0.149. The lowest BCUT2D eigenvalue weighted by Crippen LogP contribution is -2.37. The summed E-state index contributed by atoms with van der Waals surface area (Å²) in [7, 11) is 0. The first kappa shape index (κ1) is 26.7. The first-order valence-electron chi connectivity index (χ1n) is 11.2. The highest BCUT2D eigenvalue weighted by molar-refractivity contribution is 9.10. The summed E-state index contributed by atoms with van der Waals surface area (Å²) in [5.74, 6) is 0.166. The Morgan fingerprint density at radius 1 is 0.970 bits per heavy atom. The Bertz CT molecular complexity index is 856. The van der Waals surface area contributed by atoms with Gasteiger partial charge in [0.2, 0.25) is 0 Å². The van der Waals surface area contributed by atoms with Crippen LogP contribution >= 0.6 is 15.9 Å². The second kappa shape index (κ2) is 14.5. The van der Waals surface area contributed by atoms with Gasteiger partial charge in [-0.3, -0.25) is 0 Å². The van der Waals surface area contributed by atoms with Crippen molar-refractivity contribution in [2.24, 2.45) is 0 Å². The van der Waals surface area contributed by atoms with Crippen LogP contribution in [0.5, 0.6) is 11.5 Å². The van der Waals surface area contributed by atoms with Gasteiger partial charge < -0.3 is 24.2 Å². The first-order chi connectivity index (χ1) is 15.9. The normalized spacial score (nSPS) is 11.6. The summed E-state index contributed by atoms with van der Waals surface area (Å²) in [6.45, 7) is 5.54. The van der Waals surface area contributed by atoms with Crippen LogP contribution in [0, 0.1) is 0 Å². The van der Waals surface area contributed by atoms with E-state index in [1.165, 1.54) is 0 Å². The molecule has 0 saturated heterocycles. The second-order valence-electron chi connectivity index (χ2n) is 7.49. The monoisotopic (exact) mass is 521 g/mol. The Balaban J connectivity index is 1.89. The lowest BCUT2D eigenvalue weighted by atomic mass is 10.1.